The summed E-state index contributed by atoms with van der Waals surface area (Å²) in [6, 6.07) is 13.9. The summed E-state index contributed by atoms with van der Waals surface area (Å²) in [6.07, 6.45) is 1.05. The lowest BCUT2D eigenvalue weighted by Gasteiger charge is -2.17. The molecule has 5 heteroatoms. The molecule has 0 saturated carbocycles. The van der Waals surface area contributed by atoms with Gasteiger partial charge < -0.3 is 14.4 Å². The molecule has 0 bridgehead atoms. The Balaban J connectivity index is 1.74. The third kappa shape index (κ3) is 5.26. The Kier molecular flexibility index (Phi) is 6.61. The van der Waals surface area contributed by atoms with Gasteiger partial charge in [-0.2, -0.15) is 0 Å². The molecule has 0 aromatic heterocycles. The number of halogens is 1. The van der Waals surface area contributed by atoms with Crippen molar-refractivity contribution in [3.05, 3.63) is 59.9 Å². The van der Waals surface area contributed by atoms with Crippen LogP contribution in [0, 0.1) is 5.82 Å². The second-order valence-corrected chi connectivity index (χ2v) is 5.45. The standard InChI is InChI=1S/C19H22FNO3/c1-21(12-13-24-18-9-4-3-8-17(18)20)19(22)11-10-15-6-5-7-16(14-15)23-2/h3-9,14H,10-13H2,1-2H3. The molecule has 0 aliphatic heterocycles. The van der Waals surface area contributed by atoms with Gasteiger partial charge in [-0.3, -0.25) is 4.79 Å². The maximum absolute atomic E-state index is 13.4. The van der Waals surface area contributed by atoms with Crippen molar-refractivity contribution in [3.63, 3.8) is 0 Å². The average molecular weight is 331 g/mol. The molecule has 0 saturated heterocycles. The number of rotatable bonds is 8. The van der Waals surface area contributed by atoms with E-state index in [1.807, 2.05) is 24.3 Å². The summed E-state index contributed by atoms with van der Waals surface area (Å²) in [4.78, 5) is 13.7. The van der Waals surface area contributed by atoms with Crippen LogP contribution >= 0.6 is 0 Å². The van der Waals surface area contributed by atoms with Gasteiger partial charge in [0.2, 0.25) is 5.91 Å². The number of aryl methyl sites for hydroxylation is 1. The predicted octanol–water partition coefficient (Wildman–Crippen LogP) is 3.30. The van der Waals surface area contributed by atoms with Crippen molar-refractivity contribution in [2.24, 2.45) is 0 Å². The van der Waals surface area contributed by atoms with Crippen LogP contribution in [-0.4, -0.2) is 38.1 Å². The first-order valence-electron chi connectivity index (χ1n) is 7.84. The van der Waals surface area contributed by atoms with Gasteiger partial charge in [0, 0.05) is 13.5 Å². The van der Waals surface area contributed by atoms with E-state index in [2.05, 4.69) is 0 Å². The van der Waals surface area contributed by atoms with Gasteiger partial charge in [0.05, 0.1) is 13.7 Å². The Bertz CT molecular complexity index is 675. The number of ether oxygens (including phenoxy) is 2. The van der Waals surface area contributed by atoms with Crippen LogP contribution in [0.2, 0.25) is 0 Å². The maximum Gasteiger partial charge on any atom is 0.222 e. The Morgan fingerprint density at radius 3 is 2.71 bits per heavy atom. The number of para-hydroxylation sites is 1. The van der Waals surface area contributed by atoms with Gasteiger partial charge >= 0.3 is 0 Å². The Hall–Kier alpha value is -2.56. The molecule has 24 heavy (non-hydrogen) atoms. The molecule has 0 radical (unpaired) electrons. The van der Waals surface area contributed by atoms with Gasteiger partial charge in [-0.05, 0) is 36.2 Å². The first-order valence-corrected chi connectivity index (χ1v) is 7.84. The molecule has 0 spiro atoms. The summed E-state index contributed by atoms with van der Waals surface area (Å²) in [7, 11) is 3.34. The second-order valence-electron chi connectivity index (χ2n) is 5.45. The summed E-state index contributed by atoms with van der Waals surface area (Å²) in [5.74, 6) is 0.612. The van der Waals surface area contributed by atoms with Crippen molar-refractivity contribution in [1.29, 1.82) is 0 Å². The topological polar surface area (TPSA) is 38.8 Å². The quantitative estimate of drug-likeness (QED) is 0.745. The Labute approximate surface area is 141 Å². The summed E-state index contributed by atoms with van der Waals surface area (Å²) in [5, 5.41) is 0. The van der Waals surface area contributed by atoms with Gasteiger partial charge in [-0.15, -0.1) is 0 Å². The fourth-order valence-electron chi connectivity index (χ4n) is 2.25. The minimum Gasteiger partial charge on any atom is -0.497 e. The van der Waals surface area contributed by atoms with Gasteiger partial charge in [0.15, 0.2) is 11.6 Å². The minimum atomic E-state index is -0.399. The zero-order valence-corrected chi connectivity index (χ0v) is 14.0. The van der Waals surface area contributed by atoms with Crippen LogP contribution in [0.5, 0.6) is 11.5 Å². The molecule has 0 N–H and O–H groups in total. The highest BCUT2D eigenvalue weighted by molar-refractivity contribution is 5.76. The lowest BCUT2D eigenvalue weighted by Crippen LogP contribution is -2.31. The van der Waals surface area contributed by atoms with E-state index in [1.165, 1.54) is 6.07 Å². The van der Waals surface area contributed by atoms with Crippen molar-refractivity contribution >= 4 is 5.91 Å². The largest absolute Gasteiger partial charge is 0.497 e. The van der Waals surface area contributed by atoms with Crippen LogP contribution in [-0.2, 0) is 11.2 Å². The van der Waals surface area contributed by atoms with Gasteiger partial charge in [0.1, 0.15) is 12.4 Å². The van der Waals surface area contributed by atoms with E-state index in [9.17, 15) is 9.18 Å². The van der Waals surface area contributed by atoms with E-state index in [4.69, 9.17) is 9.47 Å². The number of methoxy groups -OCH3 is 1. The zero-order chi connectivity index (χ0) is 17.4. The van der Waals surface area contributed by atoms with Crippen LogP contribution in [0.4, 0.5) is 4.39 Å². The number of hydrogen-bond donors (Lipinski definition) is 0. The first-order chi connectivity index (χ1) is 11.6. The van der Waals surface area contributed by atoms with Crippen LogP contribution in [0.25, 0.3) is 0 Å². The van der Waals surface area contributed by atoms with E-state index in [1.54, 1.807) is 37.3 Å². The third-order valence-corrected chi connectivity index (χ3v) is 3.71. The smallest absolute Gasteiger partial charge is 0.222 e. The van der Waals surface area contributed by atoms with E-state index in [0.29, 0.717) is 19.4 Å². The van der Waals surface area contributed by atoms with Crippen LogP contribution in [0.3, 0.4) is 0 Å². The van der Waals surface area contributed by atoms with E-state index < -0.39 is 5.82 Å². The molecule has 0 aliphatic carbocycles. The molecule has 1 amide bonds. The number of benzene rings is 2. The number of amides is 1. The number of likely N-dealkylation sites (N-methyl/N-ethyl adjacent to an activating group) is 1. The molecule has 0 heterocycles. The average Bonchev–Trinajstić information content (AvgIpc) is 2.61. The maximum atomic E-state index is 13.4. The molecular weight excluding hydrogens is 309 g/mol. The highest BCUT2D eigenvalue weighted by Crippen LogP contribution is 2.16. The Morgan fingerprint density at radius 1 is 1.17 bits per heavy atom. The van der Waals surface area contributed by atoms with Crippen molar-refractivity contribution in [3.8, 4) is 11.5 Å². The molecule has 2 aromatic carbocycles. The Morgan fingerprint density at radius 2 is 1.96 bits per heavy atom. The number of hydrogen-bond acceptors (Lipinski definition) is 3. The normalized spacial score (nSPS) is 10.3. The number of carbonyl (C=O) groups excluding carboxylic acids is 1. The van der Waals surface area contributed by atoms with Crippen molar-refractivity contribution in [2.75, 3.05) is 27.3 Å². The van der Waals surface area contributed by atoms with Crippen LogP contribution in [0.1, 0.15) is 12.0 Å². The van der Waals surface area contributed by atoms with Crippen molar-refractivity contribution in [2.45, 2.75) is 12.8 Å². The zero-order valence-electron chi connectivity index (χ0n) is 14.0. The van der Waals surface area contributed by atoms with Gasteiger partial charge in [-0.25, -0.2) is 4.39 Å². The number of carbonyl (C=O) groups is 1. The highest BCUT2D eigenvalue weighted by Gasteiger charge is 2.10. The predicted molar refractivity (Wildman–Crippen MR) is 90.8 cm³/mol. The van der Waals surface area contributed by atoms with E-state index in [-0.39, 0.29) is 18.3 Å². The highest BCUT2D eigenvalue weighted by atomic mass is 19.1. The molecule has 128 valence electrons. The molecule has 4 nitrogen and oxygen atoms in total. The molecule has 0 atom stereocenters. The minimum absolute atomic E-state index is 0.0231. The fourth-order valence-corrected chi connectivity index (χ4v) is 2.25. The number of nitrogens with zero attached hydrogens (tertiary/aromatic N) is 1. The monoisotopic (exact) mass is 331 g/mol. The van der Waals surface area contributed by atoms with Crippen LogP contribution < -0.4 is 9.47 Å². The SMILES string of the molecule is COc1cccc(CCC(=O)N(C)CCOc2ccccc2F)c1. The van der Waals surface area contributed by atoms with Crippen molar-refractivity contribution in [1.82, 2.24) is 4.90 Å². The third-order valence-electron chi connectivity index (χ3n) is 3.71. The molecule has 0 unspecified atom stereocenters. The molecular formula is C19H22FNO3. The van der Waals surface area contributed by atoms with E-state index in [0.717, 1.165) is 11.3 Å². The summed E-state index contributed by atoms with van der Waals surface area (Å²) >= 11 is 0. The molecule has 2 rings (SSSR count). The van der Waals surface area contributed by atoms with Crippen LogP contribution in [0.15, 0.2) is 48.5 Å². The summed E-state index contributed by atoms with van der Waals surface area (Å²) < 4.78 is 24.0. The molecule has 2 aromatic rings. The summed E-state index contributed by atoms with van der Waals surface area (Å²) in [6.45, 7) is 0.660. The fraction of sp³-hybridized carbons (Fsp3) is 0.316. The van der Waals surface area contributed by atoms with E-state index >= 15 is 0 Å². The summed E-state index contributed by atoms with van der Waals surface area (Å²) in [5.41, 5.74) is 1.05. The molecule has 0 fully saturated rings. The lowest BCUT2D eigenvalue weighted by atomic mass is 10.1. The van der Waals surface area contributed by atoms with Gasteiger partial charge in [0.25, 0.3) is 0 Å². The van der Waals surface area contributed by atoms with Gasteiger partial charge in [-0.1, -0.05) is 24.3 Å². The van der Waals surface area contributed by atoms with Crippen molar-refractivity contribution < 1.29 is 18.7 Å². The molecule has 0 aliphatic rings. The second kappa shape index (κ2) is 8.91. The lowest BCUT2D eigenvalue weighted by molar-refractivity contribution is -0.130. The first kappa shape index (κ1) is 17.8.